The lowest BCUT2D eigenvalue weighted by Crippen LogP contribution is -2.04. The van der Waals surface area contributed by atoms with Crippen molar-refractivity contribution in [3.8, 4) is 11.3 Å². The fourth-order valence-electron chi connectivity index (χ4n) is 3.44. The van der Waals surface area contributed by atoms with Crippen LogP contribution in [-0.2, 0) is 11.2 Å². The summed E-state index contributed by atoms with van der Waals surface area (Å²) in [4.78, 5) is 11.7. The molecule has 1 heterocycles. The summed E-state index contributed by atoms with van der Waals surface area (Å²) in [5, 5.41) is 3.40. The van der Waals surface area contributed by atoms with Gasteiger partial charge in [-0.3, -0.25) is 4.79 Å². The van der Waals surface area contributed by atoms with Crippen LogP contribution in [0.5, 0.6) is 0 Å². The second-order valence-corrected chi connectivity index (χ2v) is 6.20. The summed E-state index contributed by atoms with van der Waals surface area (Å²) in [5.41, 5.74) is 4.16. The molecule has 24 heavy (non-hydrogen) atoms. The first-order valence-electron chi connectivity index (χ1n) is 8.03. The molecule has 0 aliphatic heterocycles. The zero-order valence-electron chi connectivity index (χ0n) is 13.0. The van der Waals surface area contributed by atoms with Crippen LogP contribution < -0.4 is 0 Å². The molecule has 0 atom stereocenters. The van der Waals surface area contributed by atoms with Crippen molar-refractivity contribution in [3.05, 3.63) is 77.9 Å². The van der Waals surface area contributed by atoms with Crippen molar-refractivity contribution >= 4 is 33.6 Å². The molecule has 114 valence electrons. The number of rotatable bonds is 1. The van der Waals surface area contributed by atoms with Gasteiger partial charge in [0.05, 0.1) is 0 Å². The van der Waals surface area contributed by atoms with Crippen LogP contribution in [0.2, 0.25) is 0 Å². The third-order valence-corrected chi connectivity index (χ3v) is 4.65. The Balaban J connectivity index is 1.78. The number of benzene rings is 3. The Bertz CT molecular complexity index is 1130. The summed E-state index contributed by atoms with van der Waals surface area (Å²) in [5.74, 6) is 1.03. The van der Waals surface area contributed by atoms with E-state index in [1.54, 1.807) is 6.08 Å². The molecule has 5 rings (SSSR count). The molecular weight excluding hydrogens is 296 g/mol. The number of carbonyl (C=O) groups is 1. The van der Waals surface area contributed by atoms with Gasteiger partial charge in [-0.25, -0.2) is 0 Å². The fraction of sp³-hybridized carbons (Fsp3) is 0.0455. The largest absolute Gasteiger partial charge is 0.456 e. The molecule has 4 aromatic rings. The van der Waals surface area contributed by atoms with E-state index in [0.29, 0.717) is 6.42 Å². The second-order valence-electron chi connectivity index (χ2n) is 6.20. The normalized spacial score (nSPS) is 13.6. The average Bonchev–Trinajstić information content (AvgIpc) is 3.05. The lowest BCUT2D eigenvalue weighted by Gasteiger charge is -2.11. The number of allylic oxidation sites excluding steroid dienone is 1. The molecule has 0 bridgehead atoms. The van der Waals surface area contributed by atoms with Crippen LogP contribution in [0.15, 0.2) is 71.2 Å². The third-order valence-electron chi connectivity index (χ3n) is 4.65. The minimum Gasteiger partial charge on any atom is -0.456 e. The topological polar surface area (TPSA) is 30.2 Å². The van der Waals surface area contributed by atoms with E-state index in [1.165, 1.54) is 5.39 Å². The maximum absolute atomic E-state index is 11.7. The van der Waals surface area contributed by atoms with Gasteiger partial charge in [0.2, 0.25) is 0 Å². The number of furan rings is 1. The van der Waals surface area contributed by atoms with Crippen LogP contribution in [0, 0.1) is 0 Å². The Labute approximate surface area is 139 Å². The first-order chi connectivity index (χ1) is 11.8. The van der Waals surface area contributed by atoms with Gasteiger partial charge in [0.25, 0.3) is 0 Å². The quantitative estimate of drug-likeness (QED) is 0.472. The van der Waals surface area contributed by atoms with Crippen molar-refractivity contribution in [2.45, 2.75) is 6.42 Å². The van der Waals surface area contributed by atoms with Crippen LogP contribution in [-0.4, -0.2) is 5.78 Å². The van der Waals surface area contributed by atoms with E-state index in [-0.39, 0.29) is 5.78 Å². The first-order valence-corrected chi connectivity index (χ1v) is 8.03. The Morgan fingerprint density at radius 3 is 2.58 bits per heavy atom. The predicted octanol–water partition coefficient (Wildman–Crippen LogP) is 5.39. The molecule has 0 unspecified atom stereocenters. The molecular formula is C22H14O2. The maximum atomic E-state index is 11.7. The monoisotopic (exact) mass is 310 g/mol. The van der Waals surface area contributed by atoms with Gasteiger partial charge < -0.3 is 4.42 Å². The van der Waals surface area contributed by atoms with E-state index >= 15 is 0 Å². The summed E-state index contributed by atoms with van der Waals surface area (Å²) >= 11 is 0. The van der Waals surface area contributed by atoms with Crippen molar-refractivity contribution < 1.29 is 9.21 Å². The van der Waals surface area contributed by atoms with Crippen LogP contribution in [0.3, 0.4) is 0 Å². The van der Waals surface area contributed by atoms with Crippen LogP contribution >= 0.6 is 0 Å². The number of hydrogen-bond acceptors (Lipinski definition) is 2. The highest BCUT2D eigenvalue weighted by atomic mass is 16.3. The molecule has 1 aliphatic rings. The molecule has 2 nitrogen and oxygen atoms in total. The zero-order valence-corrected chi connectivity index (χ0v) is 13.0. The molecule has 3 aromatic carbocycles. The third kappa shape index (κ3) is 2.00. The molecule has 1 aromatic heterocycles. The zero-order chi connectivity index (χ0) is 16.1. The number of hydrogen-bond donors (Lipinski definition) is 0. The molecule has 0 amide bonds. The van der Waals surface area contributed by atoms with E-state index in [4.69, 9.17) is 4.42 Å². The molecule has 0 radical (unpaired) electrons. The summed E-state index contributed by atoms with van der Waals surface area (Å²) in [7, 11) is 0. The summed E-state index contributed by atoms with van der Waals surface area (Å²) < 4.78 is 6.05. The van der Waals surface area contributed by atoms with Crippen LogP contribution in [0.4, 0.5) is 0 Å². The molecule has 0 saturated carbocycles. The highest BCUT2D eigenvalue weighted by Gasteiger charge is 2.14. The first kappa shape index (κ1) is 13.3. The van der Waals surface area contributed by atoms with E-state index in [0.717, 1.165) is 38.8 Å². The highest BCUT2D eigenvalue weighted by Crippen LogP contribution is 2.35. The Morgan fingerprint density at radius 2 is 1.71 bits per heavy atom. The molecule has 2 heteroatoms. The predicted molar refractivity (Wildman–Crippen MR) is 96.9 cm³/mol. The van der Waals surface area contributed by atoms with Crippen LogP contribution in [0.25, 0.3) is 39.1 Å². The standard InChI is InChI=1S/C22H14O2/c23-18-8-6-15-10-16-7-9-21-20(19(16)12-17(15)11-18)13-22(24-21)14-4-2-1-3-5-14/h1-10,12-13H,11H2. The maximum Gasteiger partial charge on any atom is 0.160 e. The number of ketones is 1. The van der Waals surface area contributed by atoms with E-state index < -0.39 is 0 Å². The lowest BCUT2D eigenvalue weighted by molar-refractivity contribution is -0.114. The van der Waals surface area contributed by atoms with Crippen molar-refractivity contribution in [2.24, 2.45) is 0 Å². The van der Waals surface area contributed by atoms with Gasteiger partial charge in [-0.05, 0) is 52.2 Å². The van der Waals surface area contributed by atoms with Crippen molar-refractivity contribution in [3.63, 3.8) is 0 Å². The SMILES string of the molecule is O=C1C=Cc2cc3ccc4oc(-c5ccccc5)cc4c3cc2C1. The van der Waals surface area contributed by atoms with Gasteiger partial charge in [0, 0.05) is 17.4 Å². The smallest absolute Gasteiger partial charge is 0.160 e. The van der Waals surface area contributed by atoms with E-state index in [9.17, 15) is 4.79 Å². The lowest BCUT2D eigenvalue weighted by atomic mass is 9.92. The van der Waals surface area contributed by atoms with Crippen molar-refractivity contribution in [2.75, 3.05) is 0 Å². The Kier molecular flexibility index (Phi) is 2.74. The van der Waals surface area contributed by atoms with Gasteiger partial charge in [-0.15, -0.1) is 0 Å². The number of carbonyl (C=O) groups excluding carboxylic acids is 1. The molecule has 0 saturated heterocycles. The number of fused-ring (bicyclic) bond motifs is 4. The van der Waals surface area contributed by atoms with Crippen LogP contribution in [0.1, 0.15) is 11.1 Å². The Morgan fingerprint density at radius 1 is 0.833 bits per heavy atom. The average molecular weight is 310 g/mol. The van der Waals surface area contributed by atoms with E-state index in [2.05, 4.69) is 24.3 Å². The summed E-state index contributed by atoms with van der Waals surface area (Å²) in [6.07, 6.45) is 4.05. The molecule has 0 fully saturated rings. The second kappa shape index (κ2) is 4.93. The molecule has 1 aliphatic carbocycles. The minimum atomic E-state index is 0.159. The van der Waals surface area contributed by atoms with Gasteiger partial charge in [0.15, 0.2) is 5.78 Å². The Hall–Kier alpha value is -3.13. The van der Waals surface area contributed by atoms with Crippen molar-refractivity contribution in [1.29, 1.82) is 0 Å². The van der Waals surface area contributed by atoms with Gasteiger partial charge in [-0.1, -0.05) is 42.5 Å². The summed E-state index contributed by atoms with van der Waals surface area (Å²) in [6.45, 7) is 0. The highest BCUT2D eigenvalue weighted by molar-refractivity contribution is 6.09. The molecule has 0 spiro atoms. The van der Waals surface area contributed by atoms with Crippen molar-refractivity contribution in [1.82, 2.24) is 0 Å². The summed E-state index contributed by atoms with van der Waals surface area (Å²) in [6, 6.07) is 20.6. The fourth-order valence-corrected chi connectivity index (χ4v) is 3.44. The minimum absolute atomic E-state index is 0.159. The molecule has 0 N–H and O–H groups in total. The van der Waals surface area contributed by atoms with Gasteiger partial charge >= 0.3 is 0 Å². The van der Waals surface area contributed by atoms with Gasteiger partial charge in [-0.2, -0.15) is 0 Å². The van der Waals surface area contributed by atoms with E-state index in [1.807, 2.05) is 42.5 Å². The van der Waals surface area contributed by atoms with Gasteiger partial charge in [0.1, 0.15) is 11.3 Å².